The zero-order chi connectivity index (χ0) is 10.7. The van der Waals surface area contributed by atoms with E-state index in [9.17, 15) is 14.4 Å². The standard InChI is InChI=1S/C7H9N3O4/c8-4(3-14-7(9)13)10-5(11)1-2-6(10)12/h1-2,4H,3,8H2,(H2,9,13). The van der Waals surface area contributed by atoms with Crippen LogP contribution < -0.4 is 11.5 Å². The third kappa shape index (κ3) is 2.07. The van der Waals surface area contributed by atoms with E-state index in [1.54, 1.807) is 0 Å². The van der Waals surface area contributed by atoms with Crippen LogP contribution in [0.15, 0.2) is 12.2 Å². The monoisotopic (exact) mass is 199 g/mol. The molecule has 3 amide bonds. The van der Waals surface area contributed by atoms with Crippen LogP contribution in [0.1, 0.15) is 0 Å². The summed E-state index contributed by atoms with van der Waals surface area (Å²) < 4.78 is 4.35. The van der Waals surface area contributed by atoms with Crippen LogP contribution >= 0.6 is 0 Å². The van der Waals surface area contributed by atoms with E-state index in [0.717, 1.165) is 17.1 Å². The highest BCUT2D eigenvalue weighted by Crippen LogP contribution is 2.05. The van der Waals surface area contributed by atoms with Crippen molar-refractivity contribution in [1.29, 1.82) is 0 Å². The molecule has 0 bridgehead atoms. The number of amides is 3. The van der Waals surface area contributed by atoms with E-state index >= 15 is 0 Å². The van der Waals surface area contributed by atoms with Gasteiger partial charge in [-0.05, 0) is 0 Å². The Morgan fingerprint density at radius 2 is 1.93 bits per heavy atom. The Balaban J connectivity index is 2.52. The number of carbonyl (C=O) groups excluding carboxylic acids is 3. The first-order valence-electron chi connectivity index (χ1n) is 3.75. The normalized spacial score (nSPS) is 17.4. The average Bonchev–Trinajstić information content (AvgIpc) is 2.42. The van der Waals surface area contributed by atoms with Gasteiger partial charge in [0.1, 0.15) is 12.8 Å². The smallest absolute Gasteiger partial charge is 0.404 e. The van der Waals surface area contributed by atoms with Crippen LogP contribution in [0.5, 0.6) is 0 Å². The fourth-order valence-corrected chi connectivity index (χ4v) is 0.981. The number of imide groups is 1. The summed E-state index contributed by atoms with van der Waals surface area (Å²) in [7, 11) is 0. The van der Waals surface area contributed by atoms with Gasteiger partial charge in [0.15, 0.2) is 0 Å². The number of primary amides is 1. The third-order valence-electron chi connectivity index (χ3n) is 1.57. The second kappa shape index (κ2) is 3.88. The number of rotatable bonds is 3. The van der Waals surface area contributed by atoms with Crippen LogP contribution in [0.4, 0.5) is 4.79 Å². The Kier molecular flexibility index (Phi) is 2.82. The molecule has 0 fully saturated rings. The van der Waals surface area contributed by atoms with Crippen molar-refractivity contribution < 1.29 is 19.1 Å². The molecule has 1 unspecified atom stereocenters. The highest BCUT2D eigenvalue weighted by Gasteiger charge is 2.29. The van der Waals surface area contributed by atoms with Gasteiger partial charge in [-0.1, -0.05) is 0 Å². The predicted molar refractivity (Wildman–Crippen MR) is 44.5 cm³/mol. The van der Waals surface area contributed by atoms with Gasteiger partial charge in [-0.25, -0.2) is 4.79 Å². The molecule has 0 aromatic carbocycles. The molecule has 0 aromatic heterocycles. The molecule has 0 saturated carbocycles. The van der Waals surface area contributed by atoms with E-state index in [-0.39, 0.29) is 6.61 Å². The summed E-state index contributed by atoms with van der Waals surface area (Å²) in [5, 5.41) is 0. The largest absolute Gasteiger partial charge is 0.446 e. The Hall–Kier alpha value is -1.89. The molecular weight excluding hydrogens is 190 g/mol. The van der Waals surface area contributed by atoms with Crippen molar-refractivity contribution in [2.24, 2.45) is 11.5 Å². The maximum absolute atomic E-state index is 11.0. The quantitative estimate of drug-likeness (QED) is 0.525. The molecule has 0 aliphatic carbocycles. The number of ether oxygens (including phenoxy) is 1. The van der Waals surface area contributed by atoms with E-state index in [2.05, 4.69) is 10.5 Å². The lowest BCUT2D eigenvalue weighted by Gasteiger charge is -2.21. The number of carbonyl (C=O) groups is 3. The van der Waals surface area contributed by atoms with Crippen molar-refractivity contribution in [1.82, 2.24) is 4.90 Å². The molecule has 1 heterocycles. The van der Waals surface area contributed by atoms with Crippen LogP contribution in [-0.2, 0) is 14.3 Å². The lowest BCUT2D eigenvalue weighted by Crippen LogP contribution is -2.49. The van der Waals surface area contributed by atoms with Crippen molar-refractivity contribution in [3.63, 3.8) is 0 Å². The van der Waals surface area contributed by atoms with Crippen LogP contribution in [0.2, 0.25) is 0 Å². The lowest BCUT2D eigenvalue weighted by atomic mass is 10.4. The van der Waals surface area contributed by atoms with Gasteiger partial charge >= 0.3 is 6.09 Å². The highest BCUT2D eigenvalue weighted by molar-refractivity contribution is 6.13. The first kappa shape index (κ1) is 10.2. The van der Waals surface area contributed by atoms with E-state index in [4.69, 9.17) is 5.73 Å². The highest BCUT2D eigenvalue weighted by atomic mass is 16.5. The second-order valence-electron chi connectivity index (χ2n) is 2.58. The molecule has 4 N–H and O–H groups in total. The maximum atomic E-state index is 11.0. The fraction of sp³-hybridized carbons (Fsp3) is 0.286. The minimum atomic E-state index is -1.01. The zero-order valence-electron chi connectivity index (χ0n) is 7.17. The van der Waals surface area contributed by atoms with Gasteiger partial charge in [0.25, 0.3) is 11.8 Å². The molecular formula is C7H9N3O4. The van der Waals surface area contributed by atoms with Gasteiger partial charge in [0, 0.05) is 12.2 Å². The zero-order valence-corrected chi connectivity index (χ0v) is 7.17. The van der Waals surface area contributed by atoms with Crippen molar-refractivity contribution in [3.05, 3.63) is 12.2 Å². The summed E-state index contributed by atoms with van der Waals surface area (Å²) in [5.41, 5.74) is 10.1. The summed E-state index contributed by atoms with van der Waals surface area (Å²) in [6.45, 7) is -0.311. The number of nitrogens with zero attached hydrogens (tertiary/aromatic N) is 1. The third-order valence-corrected chi connectivity index (χ3v) is 1.57. The number of nitrogens with two attached hydrogens (primary N) is 2. The Morgan fingerprint density at radius 3 is 2.36 bits per heavy atom. The minimum Gasteiger partial charge on any atom is -0.446 e. The van der Waals surface area contributed by atoms with Crippen molar-refractivity contribution >= 4 is 17.9 Å². The Bertz CT molecular complexity index is 294. The SMILES string of the molecule is NC(=O)OCC(N)N1C(=O)C=CC1=O. The molecule has 0 spiro atoms. The molecule has 1 aliphatic heterocycles. The summed E-state index contributed by atoms with van der Waals surface area (Å²) in [4.78, 5) is 33.1. The molecule has 1 atom stereocenters. The van der Waals surface area contributed by atoms with Crippen LogP contribution in [0, 0.1) is 0 Å². The molecule has 1 rings (SSSR count). The molecule has 7 heteroatoms. The molecule has 76 valence electrons. The van der Waals surface area contributed by atoms with Crippen molar-refractivity contribution in [2.45, 2.75) is 6.17 Å². The van der Waals surface area contributed by atoms with Gasteiger partial charge in [0.05, 0.1) is 0 Å². The summed E-state index contributed by atoms with van der Waals surface area (Å²) in [6.07, 6.45) is 0.170. The molecule has 0 radical (unpaired) electrons. The van der Waals surface area contributed by atoms with Gasteiger partial charge in [0.2, 0.25) is 0 Å². The molecule has 0 saturated heterocycles. The minimum absolute atomic E-state index is 0.311. The lowest BCUT2D eigenvalue weighted by molar-refractivity contribution is -0.140. The van der Waals surface area contributed by atoms with E-state index in [1.165, 1.54) is 0 Å². The van der Waals surface area contributed by atoms with E-state index < -0.39 is 24.1 Å². The maximum Gasteiger partial charge on any atom is 0.404 e. The van der Waals surface area contributed by atoms with Gasteiger partial charge in [-0.15, -0.1) is 0 Å². The average molecular weight is 199 g/mol. The van der Waals surface area contributed by atoms with E-state index in [1.807, 2.05) is 0 Å². The van der Waals surface area contributed by atoms with Crippen molar-refractivity contribution in [2.75, 3.05) is 6.61 Å². The summed E-state index contributed by atoms with van der Waals surface area (Å²) >= 11 is 0. The number of hydrogen-bond acceptors (Lipinski definition) is 5. The first-order valence-corrected chi connectivity index (χ1v) is 3.75. The predicted octanol–water partition coefficient (Wildman–Crippen LogP) is -1.71. The van der Waals surface area contributed by atoms with Crippen LogP contribution in [0.25, 0.3) is 0 Å². The molecule has 1 aliphatic rings. The number of hydrogen-bond donors (Lipinski definition) is 2. The molecule has 14 heavy (non-hydrogen) atoms. The topological polar surface area (TPSA) is 116 Å². The van der Waals surface area contributed by atoms with Crippen LogP contribution in [0.3, 0.4) is 0 Å². The van der Waals surface area contributed by atoms with E-state index in [0.29, 0.717) is 0 Å². The van der Waals surface area contributed by atoms with Crippen molar-refractivity contribution in [3.8, 4) is 0 Å². The van der Waals surface area contributed by atoms with Gasteiger partial charge in [-0.3, -0.25) is 14.5 Å². The van der Waals surface area contributed by atoms with Gasteiger partial charge < -0.3 is 16.2 Å². The second-order valence-corrected chi connectivity index (χ2v) is 2.58. The first-order chi connectivity index (χ1) is 6.52. The Morgan fingerprint density at radius 1 is 1.43 bits per heavy atom. The molecule has 7 nitrogen and oxygen atoms in total. The fourth-order valence-electron chi connectivity index (χ4n) is 0.981. The molecule has 0 aromatic rings. The van der Waals surface area contributed by atoms with Crippen LogP contribution in [-0.4, -0.2) is 35.6 Å². The Labute approximate surface area is 79.3 Å². The van der Waals surface area contributed by atoms with Gasteiger partial charge in [-0.2, -0.15) is 0 Å². The summed E-state index contributed by atoms with van der Waals surface area (Å²) in [5.74, 6) is -1.06. The summed E-state index contributed by atoms with van der Waals surface area (Å²) in [6, 6.07) is 0.